The number of aromatic nitrogens is 5. The van der Waals surface area contributed by atoms with Crippen LogP contribution in [0, 0.1) is 6.92 Å². The van der Waals surface area contributed by atoms with Gasteiger partial charge in [0.25, 0.3) is 11.5 Å². The van der Waals surface area contributed by atoms with E-state index < -0.39 is 11.5 Å². The minimum Gasteiger partial charge on any atom is -0.382 e. The van der Waals surface area contributed by atoms with Crippen LogP contribution in [0.5, 0.6) is 0 Å². The highest BCUT2D eigenvalue weighted by atomic mass is 35.5. The number of carbonyl (C=O) groups excluding carboxylic acids is 1. The third kappa shape index (κ3) is 5.60. The monoisotopic (exact) mass is 596 g/mol. The van der Waals surface area contributed by atoms with Gasteiger partial charge in [0.2, 0.25) is 0 Å². The van der Waals surface area contributed by atoms with E-state index in [9.17, 15) is 9.59 Å². The molecule has 2 aromatic carbocycles. The van der Waals surface area contributed by atoms with Gasteiger partial charge in [0, 0.05) is 48.2 Å². The summed E-state index contributed by atoms with van der Waals surface area (Å²) < 4.78 is 8.50. The van der Waals surface area contributed by atoms with Gasteiger partial charge in [-0.25, -0.2) is 19.6 Å². The lowest BCUT2D eigenvalue weighted by molar-refractivity contribution is 0.102. The zero-order valence-corrected chi connectivity index (χ0v) is 24.4. The summed E-state index contributed by atoms with van der Waals surface area (Å²) in [7, 11) is 1.72. The number of hydrogen-bond donors (Lipinski definition) is 2. The number of benzene rings is 2. The number of amides is 1. The first-order chi connectivity index (χ1) is 20.8. The van der Waals surface area contributed by atoms with Crippen molar-refractivity contribution in [2.45, 2.75) is 6.92 Å². The Hall–Kier alpha value is -5.00. The van der Waals surface area contributed by atoms with Crippen molar-refractivity contribution >= 4 is 34.8 Å². The number of rotatable bonds is 6. The highest BCUT2D eigenvalue weighted by Crippen LogP contribution is 2.28. The minimum absolute atomic E-state index is 0.0446. The Balaban J connectivity index is 1.23. The smallest absolute Gasteiger partial charge is 0.284 e. The second-order valence-electron chi connectivity index (χ2n) is 10.1. The molecule has 1 saturated heterocycles. The van der Waals surface area contributed by atoms with Crippen LogP contribution in [0.15, 0.2) is 77.9 Å². The first-order valence-electron chi connectivity index (χ1n) is 13.7. The van der Waals surface area contributed by atoms with Gasteiger partial charge in [0.1, 0.15) is 22.9 Å². The quantitative estimate of drug-likeness (QED) is 0.296. The molecular weight excluding hydrogens is 568 g/mol. The molecule has 4 heterocycles. The van der Waals surface area contributed by atoms with E-state index in [0.29, 0.717) is 46.7 Å². The number of nitrogens with zero attached hydrogens (tertiary/aromatic N) is 6. The molecule has 12 heteroatoms. The average Bonchev–Trinajstić information content (AvgIpc) is 3.25. The predicted octanol–water partition coefficient (Wildman–Crippen LogP) is 4.33. The molecule has 1 amide bonds. The molecule has 0 atom stereocenters. The van der Waals surface area contributed by atoms with Gasteiger partial charge in [0.15, 0.2) is 0 Å². The minimum atomic E-state index is -0.512. The molecule has 3 N–H and O–H groups in total. The molecule has 5 aromatic rings. The van der Waals surface area contributed by atoms with Gasteiger partial charge in [0.05, 0.1) is 36.5 Å². The highest BCUT2D eigenvalue weighted by Gasteiger charge is 2.23. The van der Waals surface area contributed by atoms with Crippen molar-refractivity contribution in [3.05, 3.63) is 99.7 Å². The Morgan fingerprint density at radius 3 is 2.53 bits per heavy atom. The van der Waals surface area contributed by atoms with Crippen molar-refractivity contribution in [3.8, 4) is 28.2 Å². The van der Waals surface area contributed by atoms with E-state index in [0.717, 1.165) is 30.0 Å². The molecule has 0 unspecified atom stereocenters. The Bertz CT molecular complexity index is 1880. The van der Waals surface area contributed by atoms with Crippen LogP contribution in [-0.2, 0) is 11.8 Å². The third-order valence-corrected chi connectivity index (χ3v) is 7.66. The Kier molecular flexibility index (Phi) is 7.66. The summed E-state index contributed by atoms with van der Waals surface area (Å²) in [6.07, 6.45) is 3.40. The number of anilines is 3. The third-order valence-electron chi connectivity index (χ3n) is 7.43. The first-order valence-corrected chi connectivity index (χ1v) is 14.1. The molecule has 0 bridgehead atoms. The molecule has 6 rings (SSSR count). The van der Waals surface area contributed by atoms with Crippen LogP contribution < -0.4 is 21.5 Å². The summed E-state index contributed by atoms with van der Waals surface area (Å²) in [5.41, 5.74) is 10.2. The molecule has 11 nitrogen and oxygen atoms in total. The number of nitrogen functional groups attached to an aromatic ring is 1. The zero-order chi connectivity index (χ0) is 30.1. The molecule has 0 saturated carbocycles. The number of nitrogens with two attached hydrogens (primary N) is 1. The molecule has 1 aliphatic rings. The van der Waals surface area contributed by atoms with Gasteiger partial charge in [-0.15, -0.1) is 0 Å². The van der Waals surface area contributed by atoms with Crippen molar-refractivity contribution < 1.29 is 9.53 Å². The largest absolute Gasteiger partial charge is 0.382 e. The predicted molar refractivity (Wildman–Crippen MR) is 167 cm³/mol. The van der Waals surface area contributed by atoms with Crippen LogP contribution >= 0.6 is 11.6 Å². The number of morpholine rings is 1. The topological polar surface area (TPSA) is 133 Å². The maximum Gasteiger partial charge on any atom is 0.284 e. The van der Waals surface area contributed by atoms with Crippen LogP contribution in [0.4, 0.5) is 17.3 Å². The lowest BCUT2D eigenvalue weighted by Crippen LogP contribution is -2.36. The van der Waals surface area contributed by atoms with Gasteiger partial charge in [-0.2, -0.15) is 0 Å². The fraction of sp³-hybridized carbons (Fsp3) is 0.194. The second-order valence-corrected chi connectivity index (χ2v) is 10.5. The summed E-state index contributed by atoms with van der Waals surface area (Å²) in [6.45, 7) is 4.61. The lowest BCUT2D eigenvalue weighted by atomic mass is 10.1. The van der Waals surface area contributed by atoms with E-state index in [-0.39, 0.29) is 11.4 Å². The molecule has 1 fully saturated rings. The highest BCUT2D eigenvalue weighted by molar-refractivity contribution is 6.30. The molecule has 1 aliphatic heterocycles. The van der Waals surface area contributed by atoms with Crippen molar-refractivity contribution in [2.24, 2.45) is 7.05 Å². The molecule has 218 valence electrons. The number of halogens is 1. The van der Waals surface area contributed by atoms with Crippen LogP contribution in [0.25, 0.3) is 28.2 Å². The number of pyridine rings is 1. The second kappa shape index (κ2) is 11.7. The molecular formula is C31H29ClN8O3. The van der Waals surface area contributed by atoms with E-state index in [1.54, 1.807) is 79.6 Å². The SMILES string of the molecule is Cc1c(C(=O)Nc2ccc(-c3nc(-c4ccnc(N5CCOCC5)c4)cnc3N)cc2)c(=O)n(-c2cccc(Cl)c2)n1C. The van der Waals surface area contributed by atoms with Crippen LogP contribution in [-0.4, -0.2) is 56.5 Å². The first kappa shape index (κ1) is 28.1. The van der Waals surface area contributed by atoms with Crippen molar-refractivity contribution in [1.82, 2.24) is 24.3 Å². The molecule has 0 spiro atoms. The van der Waals surface area contributed by atoms with Gasteiger partial charge in [-0.1, -0.05) is 29.8 Å². The van der Waals surface area contributed by atoms with Crippen molar-refractivity contribution in [3.63, 3.8) is 0 Å². The summed E-state index contributed by atoms with van der Waals surface area (Å²) >= 11 is 6.13. The average molecular weight is 597 g/mol. The number of carbonyl (C=O) groups is 1. The standard InChI is InChI=1S/C31H29ClN8O3/c1-19-27(31(42)40(38(19)2)24-5-3-4-22(32)17-24)30(41)36-23-8-6-20(7-9-23)28-29(33)35-18-25(37-28)21-10-11-34-26(16-21)39-12-14-43-15-13-39/h3-11,16-18H,12-15H2,1-2H3,(H2,33,35)(H,36,41). The van der Waals surface area contributed by atoms with Crippen molar-refractivity contribution in [1.29, 1.82) is 0 Å². The van der Waals surface area contributed by atoms with Gasteiger partial charge < -0.3 is 20.7 Å². The summed E-state index contributed by atoms with van der Waals surface area (Å²) in [5.74, 6) is 0.625. The Morgan fingerprint density at radius 2 is 1.79 bits per heavy atom. The molecule has 0 aliphatic carbocycles. The lowest BCUT2D eigenvalue weighted by Gasteiger charge is -2.28. The number of ether oxygens (including phenoxy) is 1. The normalized spacial score (nSPS) is 13.2. The van der Waals surface area contributed by atoms with Crippen LogP contribution in [0.1, 0.15) is 16.1 Å². The van der Waals surface area contributed by atoms with E-state index in [4.69, 9.17) is 27.1 Å². The van der Waals surface area contributed by atoms with Gasteiger partial charge in [-0.05, 0) is 49.4 Å². The van der Waals surface area contributed by atoms with E-state index in [2.05, 4.69) is 20.2 Å². The van der Waals surface area contributed by atoms with Crippen LogP contribution in [0.3, 0.4) is 0 Å². The molecule has 3 aromatic heterocycles. The summed E-state index contributed by atoms with van der Waals surface area (Å²) in [4.78, 5) is 42.4. The van der Waals surface area contributed by atoms with Crippen LogP contribution in [0.2, 0.25) is 5.02 Å². The zero-order valence-electron chi connectivity index (χ0n) is 23.6. The summed E-state index contributed by atoms with van der Waals surface area (Å²) in [5, 5.41) is 3.32. The number of hydrogen-bond acceptors (Lipinski definition) is 8. The molecule has 43 heavy (non-hydrogen) atoms. The fourth-order valence-corrected chi connectivity index (χ4v) is 5.25. The van der Waals surface area contributed by atoms with E-state index in [1.807, 2.05) is 12.1 Å². The van der Waals surface area contributed by atoms with Gasteiger partial charge in [-0.3, -0.25) is 14.3 Å². The van der Waals surface area contributed by atoms with Gasteiger partial charge >= 0.3 is 0 Å². The number of nitrogens with one attached hydrogen (secondary N) is 1. The Labute approximate surface area is 252 Å². The van der Waals surface area contributed by atoms with E-state index >= 15 is 0 Å². The fourth-order valence-electron chi connectivity index (χ4n) is 5.07. The maximum atomic E-state index is 13.3. The molecule has 0 radical (unpaired) electrons. The van der Waals surface area contributed by atoms with E-state index in [1.165, 1.54) is 4.68 Å². The maximum absolute atomic E-state index is 13.3. The summed E-state index contributed by atoms with van der Waals surface area (Å²) in [6, 6.07) is 17.8. The van der Waals surface area contributed by atoms with Crippen molar-refractivity contribution in [2.75, 3.05) is 42.3 Å². The Morgan fingerprint density at radius 1 is 1.02 bits per heavy atom.